The van der Waals surface area contributed by atoms with Crippen molar-refractivity contribution < 1.29 is 9.47 Å². The molecule has 0 aliphatic rings. The zero-order valence-corrected chi connectivity index (χ0v) is 8.75. The fourth-order valence-electron chi connectivity index (χ4n) is 1.29. The Bertz CT molecular complexity index is 281. The van der Waals surface area contributed by atoms with Gasteiger partial charge in [-0.3, -0.25) is 0 Å². The van der Waals surface area contributed by atoms with E-state index in [0.717, 1.165) is 17.1 Å². The fourth-order valence-corrected chi connectivity index (χ4v) is 1.29. The minimum Gasteiger partial charge on any atom is -0.493 e. The van der Waals surface area contributed by atoms with E-state index in [1.54, 1.807) is 6.08 Å². The second kappa shape index (κ2) is 5.32. The molecular weight excluding hydrogens is 176 g/mol. The molecule has 1 rings (SSSR count). The lowest BCUT2D eigenvalue weighted by Crippen LogP contribution is -1.98. The molecule has 0 radical (unpaired) electrons. The first-order valence-electron chi connectivity index (χ1n) is 4.84. The summed E-state index contributed by atoms with van der Waals surface area (Å²) in [4.78, 5) is 0. The molecule has 0 fully saturated rings. The SMILES string of the molecule is C=Cc1c(OCC)cccc1OCC. The van der Waals surface area contributed by atoms with Crippen molar-refractivity contribution in [3.05, 3.63) is 30.3 Å². The number of benzene rings is 1. The first kappa shape index (κ1) is 10.6. The van der Waals surface area contributed by atoms with Crippen molar-refractivity contribution in [3.63, 3.8) is 0 Å². The monoisotopic (exact) mass is 192 g/mol. The highest BCUT2D eigenvalue weighted by molar-refractivity contribution is 5.63. The van der Waals surface area contributed by atoms with E-state index in [1.165, 1.54) is 0 Å². The molecule has 0 heterocycles. The maximum atomic E-state index is 5.46. The van der Waals surface area contributed by atoms with Crippen LogP contribution in [-0.4, -0.2) is 13.2 Å². The van der Waals surface area contributed by atoms with Gasteiger partial charge in [0.2, 0.25) is 0 Å². The molecule has 0 saturated carbocycles. The number of hydrogen-bond donors (Lipinski definition) is 0. The first-order valence-corrected chi connectivity index (χ1v) is 4.84. The third-order valence-electron chi connectivity index (χ3n) is 1.83. The average molecular weight is 192 g/mol. The van der Waals surface area contributed by atoms with Gasteiger partial charge in [0.1, 0.15) is 11.5 Å². The van der Waals surface area contributed by atoms with Crippen LogP contribution in [-0.2, 0) is 0 Å². The average Bonchev–Trinajstić information content (AvgIpc) is 2.19. The molecule has 0 amide bonds. The van der Waals surface area contributed by atoms with Gasteiger partial charge in [-0.25, -0.2) is 0 Å². The zero-order chi connectivity index (χ0) is 10.4. The predicted octanol–water partition coefficient (Wildman–Crippen LogP) is 3.13. The van der Waals surface area contributed by atoms with Crippen LogP contribution in [0.5, 0.6) is 11.5 Å². The maximum Gasteiger partial charge on any atom is 0.130 e. The molecule has 0 aliphatic heterocycles. The van der Waals surface area contributed by atoms with E-state index in [2.05, 4.69) is 6.58 Å². The van der Waals surface area contributed by atoms with E-state index in [4.69, 9.17) is 9.47 Å². The highest BCUT2D eigenvalue weighted by atomic mass is 16.5. The minimum atomic E-state index is 0.649. The van der Waals surface area contributed by atoms with Crippen LogP contribution in [0.15, 0.2) is 24.8 Å². The molecule has 0 aromatic heterocycles. The lowest BCUT2D eigenvalue weighted by molar-refractivity contribution is 0.322. The third-order valence-corrected chi connectivity index (χ3v) is 1.83. The van der Waals surface area contributed by atoms with Gasteiger partial charge in [0, 0.05) is 0 Å². The van der Waals surface area contributed by atoms with Gasteiger partial charge in [0.25, 0.3) is 0 Å². The molecule has 0 spiro atoms. The molecule has 0 aliphatic carbocycles. The fraction of sp³-hybridized carbons (Fsp3) is 0.333. The highest BCUT2D eigenvalue weighted by Crippen LogP contribution is 2.29. The summed E-state index contributed by atoms with van der Waals surface area (Å²) in [5, 5.41) is 0. The molecule has 1 aromatic rings. The number of rotatable bonds is 5. The Balaban J connectivity index is 3.04. The van der Waals surface area contributed by atoms with Crippen LogP contribution in [0.25, 0.3) is 6.08 Å². The van der Waals surface area contributed by atoms with Gasteiger partial charge in [-0.2, -0.15) is 0 Å². The second-order valence-corrected chi connectivity index (χ2v) is 2.74. The molecule has 14 heavy (non-hydrogen) atoms. The number of hydrogen-bond acceptors (Lipinski definition) is 2. The van der Waals surface area contributed by atoms with E-state index in [9.17, 15) is 0 Å². The molecule has 0 atom stereocenters. The lowest BCUT2D eigenvalue weighted by atomic mass is 10.2. The van der Waals surface area contributed by atoms with Crippen LogP contribution >= 0.6 is 0 Å². The standard InChI is InChI=1S/C12H16O2/c1-4-10-11(13-5-2)8-7-9-12(10)14-6-3/h4,7-9H,1,5-6H2,2-3H3. The van der Waals surface area contributed by atoms with Crippen molar-refractivity contribution in [1.29, 1.82) is 0 Å². The van der Waals surface area contributed by atoms with E-state index >= 15 is 0 Å². The van der Waals surface area contributed by atoms with Crippen LogP contribution < -0.4 is 9.47 Å². The second-order valence-electron chi connectivity index (χ2n) is 2.74. The Morgan fingerprint density at radius 1 is 1.14 bits per heavy atom. The maximum absolute atomic E-state index is 5.46. The van der Waals surface area contributed by atoms with Gasteiger partial charge in [-0.05, 0) is 26.0 Å². The summed E-state index contributed by atoms with van der Waals surface area (Å²) in [6, 6.07) is 5.76. The van der Waals surface area contributed by atoms with Gasteiger partial charge in [0.15, 0.2) is 0 Å². The topological polar surface area (TPSA) is 18.5 Å². The summed E-state index contributed by atoms with van der Waals surface area (Å²) in [7, 11) is 0. The summed E-state index contributed by atoms with van der Waals surface area (Å²) in [6.45, 7) is 8.97. The van der Waals surface area contributed by atoms with Crippen molar-refractivity contribution in [1.82, 2.24) is 0 Å². The zero-order valence-electron chi connectivity index (χ0n) is 8.75. The van der Waals surface area contributed by atoms with Crippen LogP contribution in [0.2, 0.25) is 0 Å². The minimum absolute atomic E-state index is 0.649. The van der Waals surface area contributed by atoms with Crippen LogP contribution in [0.4, 0.5) is 0 Å². The van der Waals surface area contributed by atoms with Crippen molar-refractivity contribution >= 4 is 6.08 Å². The molecule has 0 N–H and O–H groups in total. The van der Waals surface area contributed by atoms with Crippen molar-refractivity contribution in [2.24, 2.45) is 0 Å². The van der Waals surface area contributed by atoms with E-state index in [1.807, 2.05) is 32.0 Å². The Labute approximate surface area is 85.2 Å². The third kappa shape index (κ3) is 2.28. The van der Waals surface area contributed by atoms with Gasteiger partial charge in [0.05, 0.1) is 18.8 Å². The summed E-state index contributed by atoms with van der Waals surface area (Å²) in [5.41, 5.74) is 0.927. The summed E-state index contributed by atoms with van der Waals surface area (Å²) in [6.07, 6.45) is 1.76. The highest BCUT2D eigenvalue weighted by Gasteiger charge is 2.06. The Morgan fingerprint density at radius 3 is 2.00 bits per heavy atom. The summed E-state index contributed by atoms with van der Waals surface area (Å²) in [5.74, 6) is 1.65. The Morgan fingerprint density at radius 2 is 1.64 bits per heavy atom. The van der Waals surface area contributed by atoms with Gasteiger partial charge >= 0.3 is 0 Å². The molecule has 2 heteroatoms. The quantitative estimate of drug-likeness (QED) is 0.713. The molecule has 76 valence electrons. The summed E-state index contributed by atoms with van der Waals surface area (Å²) >= 11 is 0. The molecule has 0 bridgehead atoms. The smallest absolute Gasteiger partial charge is 0.130 e. The molecule has 0 unspecified atom stereocenters. The predicted molar refractivity (Wildman–Crippen MR) is 58.9 cm³/mol. The molecular formula is C12H16O2. The van der Waals surface area contributed by atoms with E-state index in [-0.39, 0.29) is 0 Å². The Kier molecular flexibility index (Phi) is 4.05. The molecule has 0 saturated heterocycles. The lowest BCUT2D eigenvalue weighted by Gasteiger charge is -2.11. The van der Waals surface area contributed by atoms with Crippen LogP contribution in [0, 0.1) is 0 Å². The van der Waals surface area contributed by atoms with Crippen LogP contribution in [0.1, 0.15) is 19.4 Å². The van der Waals surface area contributed by atoms with Crippen molar-refractivity contribution in [3.8, 4) is 11.5 Å². The molecule has 1 aromatic carbocycles. The van der Waals surface area contributed by atoms with Gasteiger partial charge < -0.3 is 9.47 Å². The summed E-state index contributed by atoms with van der Waals surface area (Å²) < 4.78 is 10.9. The molecule has 2 nitrogen and oxygen atoms in total. The van der Waals surface area contributed by atoms with Gasteiger partial charge in [-0.1, -0.05) is 18.7 Å². The van der Waals surface area contributed by atoms with E-state index < -0.39 is 0 Å². The largest absolute Gasteiger partial charge is 0.493 e. The first-order chi connectivity index (χ1) is 6.83. The van der Waals surface area contributed by atoms with Gasteiger partial charge in [-0.15, -0.1) is 0 Å². The normalized spacial score (nSPS) is 9.57. The van der Waals surface area contributed by atoms with Crippen molar-refractivity contribution in [2.45, 2.75) is 13.8 Å². The Hall–Kier alpha value is -1.44. The van der Waals surface area contributed by atoms with E-state index in [0.29, 0.717) is 13.2 Å². The van der Waals surface area contributed by atoms with Crippen molar-refractivity contribution in [2.75, 3.05) is 13.2 Å². The van der Waals surface area contributed by atoms with Crippen LogP contribution in [0.3, 0.4) is 0 Å². The number of ether oxygens (including phenoxy) is 2.